The number of hydrogen-bond acceptors (Lipinski definition) is 4. The van der Waals surface area contributed by atoms with Gasteiger partial charge in [-0.25, -0.2) is 4.98 Å². The monoisotopic (exact) mass is 265 g/mol. The van der Waals surface area contributed by atoms with Crippen molar-refractivity contribution in [3.63, 3.8) is 0 Å². The SMILES string of the molecule is CNCc1cccc(Oc2cccc3cccnc23)n1. The Bertz CT molecular complexity index is 722. The van der Waals surface area contributed by atoms with Gasteiger partial charge in [0, 0.05) is 24.2 Å². The van der Waals surface area contributed by atoms with Gasteiger partial charge in [0.15, 0.2) is 5.75 Å². The molecule has 0 unspecified atom stereocenters. The molecule has 0 radical (unpaired) electrons. The van der Waals surface area contributed by atoms with Gasteiger partial charge in [0.25, 0.3) is 0 Å². The molecule has 3 rings (SSSR count). The summed E-state index contributed by atoms with van der Waals surface area (Å²) < 4.78 is 5.88. The molecule has 0 aliphatic heterocycles. The van der Waals surface area contributed by atoms with Crippen molar-refractivity contribution >= 4 is 10.9 Å². The lowest BCUT2D eigenvalue weighted by Crippen LogP contribution is -2.06. The lowest BCUT2D eigenvalue weighted by atomic mass is 10.2. The number of para-hydroxylation sites is 1. The minimum Gasteiger partial charge on any atom is -0.437 e. The maximum atomic E-state index is 5.88. The second-order valence-electron chi connectivity index (χ2n) is 4.43. The Hall–Kier alpha value is -2.46. The van der Waals surface area contributed by atoms with Crippen LogP contribution in [-0.4, -0.2) is 17.0 Å². The summed E-state index contributed by atoms with van der Waals surface area (Å²) in [6.45, 7) is 0.713. The van der Waals surface area contributed by atoms with Crippen LogP contribution in [0.25, 0.3) is 10.9 Å². The molecule has 20 heavy (non-hydrogen) atoms. The van der Waals surface area contributed by atoms with E-state index in [0.29, 0.717) is 12.4 Å². The van der Waals surface area contributed by atoms with Gasteiger partial charge < -0.3 is 10.1 Å². The molecular weight excluding hydrogens is 250 g/mol. The van der Waals surface area contributed by atoms with Gasteiger partial charge in [-0.3, -0.25) is 4.98 Å². The zero-order valence-corrected chi connectivity index (χ0v) is 11.2. The third kappa shape index (κ3) is 2.60. The number of rotatable bonds is 4. The normalized spacial score (nSPS) is 10.7. The predicted molar refractivity (Wildman–Crippen MR) is 78.8 cm³/mol. The van der Waals surface area contributed by atoms with Crippen LogP contribution in [0.15, 0.2) is 54.7 Å². The highest BCUT2D eigenvalue weighted by Crippen LogP contribution is 2.27. The van der Waals surface area contributed by atoms with E-state index in [2.05, 4.69) is 15.3 Å². The molecule has 0 spiro atoms. The fraction of sp³-hybridized carbons (Fsp3) is 0.125. The minimum absolute atomic E-state index is 0.580. The summed E-state index contributed by atoms with van der Waals surface area (Å²) in [5.74, 6) is 1.30. The van der Waals surface area contributed by atoms with E-state index in [4.69, 9.17) is 4.74 Å². The maximum Gasteiger partial charge on any atom is 0.219 e. The Balaban J connectivity index is 1.95. The molecule has 0 aliphatic carbocycles. The molecule has 3 aromatic rings. The smallest absolute Gasteiger partial charge is 0.219 e. The molecule has 4 heteroatoms. The first-order valence-electron chi connectivity index (χ1n) is 6.49. The largest absolute Gasteiger partial charge is 0.437 e. The van der Waals surface area contributed by atoms with Gasteiger partial charge >= 0.3 is 0 Å². The first-order chi connectivity index (χ1) is 9.86. The topological polar surface area (TPSA) is 47.0 Å². The van der Waals surface area contributed by atoms with Gasteiger partial charge in [0.1, 0.15) is 5.52 Å². The van der Waals surface area contributed by atoms with E-state index in [1.807, 2.05) is 55.6 Å². The number of ether oxygens (including phenoxy) is 1. The molecule has 0 saturated heterocycles. The van der Waals surface area contributed by atoms with Gasteiger partial charge in [-0.1, -0.05) is 24.3 Å². The molecule has 2 heterocycles. The highest BCUT2D eigenvalue weighted by Gasteiger charge is 2.05. The van der Waals surface area contributed by atoms with E-state index >= 15 is 0 Å². The molecule has 0 atom stereocenters. The summed E-state index contributed by atoms with van der Waals surface area (Å²) >= 11 is 0. The summed E-state index contributed by atoms with van der Waals surface area (Å²) in [5, 5.41) is 4.13. The predicted octanol–water partition coefficient (Wildman–Crippen LogP) is 3.14. The molecule has 4 nitrogen and oxygen atoms in total. The third-order valence-electron chi connectivity index (χ3n) is 2.95. The zero-order chi connectivity index (χ0) is 13.8. The average molecular weight is 265 g/mol. The van der Waals surface area contributed by atoms with Crippen LogP contribution < -0.4 is 10.1 Å². The van der Waals surface area contributed by atoms with Crippen LogP contribution in [0.3, 0.4) is 0 Å². The third-order valence-corrected chi connectivity index (χ3v) is 2.95. The van der Waals surface area contributed by atoms with Crippen molar-refractivity contribution in [2.24, 2.45) is 0 Å². The van der Waals surface area contributed by atoms with Crippen molar-refractivity contribution in [1.82, 2.24) is 15.3 Å². The molecule has 0 bridgehead atoms. The number of nitrogens with one attached hydrogen (secondary N) is 1. The summed E-state index contributed by atoms with van der Waals surface area (Å²) in [5.41, 5.74) is 1.79. The summed E-state index contributed by atoms with van der Waals surface area (Å²) in [7, 11) is 1.89. The van der Waals surface area contributed by atoms with E-state index in [1.54, 1.807) is 6.20 Å². The van der Waals surface area contributed by atoms with Gasteiger partial charge in [0.2, 0.25) is 5.88 Å². The first-order valence-corrected chi connectivity index (χ1v) is 6.49. The Kier molecular flexibility index (Phi) is 3.56. The number of nitrogens with zero attached hydrogens (tertiary/aromatic N) is 2. The molecule has 2 aromatic heterocycles. The molecule has 1 aromatic carbocycles. The van der Waals surface area contributed by atoms with E-state index < -0.39 is 0 Å². The second-order valence-corrected chi connectivity index (χ2v) is 4.43. The fourth-order valence-electron chi connectivity index (χ4n) is 2.07. The number of hydrogen-bond donors (Lipinski definition) is 1. The van der Waals surface area contributed by atoms with Crippen molar-refractivity contribution in [2.75, 3.05) is 7.05 Å². The van der Waals surface area contributed by atoms with E-state index in [0.717, 1.165) is 22.3 Å². The van der Waals surface area contributed by atoms with Gasteiger partial charge in [0.05, 0.1) is 5.69 Å². The maximum absolute atomic E-state index is 5.88. The molecular formula is C16H15N3O. The highest BCUT2D eigenvalue weighted by atomic mass is 16.5. The molecule has 0 fully saturated rings. The van der Waals surface area contributed by atoms with Crippen LogP contribution in [0.5, 0.6) is 11.6 Å². The van der Waals surface area contributed by atoms with Crippen molar-refractivity contribution < 1.29 is 4.74 Å². The quantitative estimate of drug-likeness (QED) is 0.787. The molecule has 0 amide bonds. The summed E-state index contributed by atoms with van der Waals surface area (Å²) in [6.07, 6.45) is 1.76. The summed E-state index contributed by atoms with van der Waals surface area (Å²) in [4.78, 5) is 8.82. The summed E-state index contributed by atoms with van der Waals surface area (Å²) in [6, 6.07) is 15.6. The standard InChI is InChI=1S/C16H15N3O/c1-17-11-13-7-3-9-15(19-13)20-14-8-2-5-12-6-4-10-18-16(12)14/h2-10,17H,11H2,1H3. The molecule has 0 aliphatic rings. The first kappa shape index (κ1) is 12.6. The zero-order valence-electron chi connectivity index (χ0n) is 11.2. The van der Waals surface area contributed by atoms with Crippen LogP contribution in [0, 0.1) is 0 Å². The Labute approximate surface area is 117 Å². The number of pyridine rings is 2. The van der Waals surface area contributed by atoms with Crippen LogP contribution in [0.2, 0.25) is 0 Å². The molecule has 1 N–H and O–H groups in total. The van der Waals surface area contributed by atoms with Crippen LogP contribution in [-0.2, 0) is 6.54 Å². The van der Waals surface area contributed by atoms with E-state index in [1.165, 1.54) is 0 Å². The minimum atomic E-state index is 0.580. The molecule has 0 saturated carbocycles. The lowest BCUT2D eigenvalue weighted by Gasteiger charge is -2.08. The Morgan fingerprint density at radius 3 is 2.80 bits per heavy atom. The number of aromatic nitrogens is 2. The van der Waals surface area contributed by atoms with Gasteiger partial charge in [-0.05, 0) is 25.2 Å². The van der Waals surface area contributed by atoms with Crippen molar-refractivity contribution in [1.29, 1.82) is 0 Å². The molecule has 100 valence electrons. The van der Waals surface area contributed by atoms with E-state index in [-0.39, 0.29) is 0 Å². The van der Waals surface area contributed by atoms with Gasteiger partial charge in [-0.15, -0.1) is 0 Å². The van der Waals surface area contributed by atoms with Gasteiger partial charge in [-0.2, -0.15) is 0 Å². The van der Waals surface area contributed by atoms with Crippen molar-refractivity contribution in [2.45, 2.75) is 6.54 Å². The Morgan fingerprint density at radius 1 is 1.05 bits per heavy atom. The Morgan fingerprint density at radius 2 is 1.90 bits per heavy atom. The fourth-order valence-corrected chi connectivity index (χ4v) is 2.07. The average Bonchev–Trinajstić information content (AvgIpc) is 2.48. The number of benzene rings is 1. The number of fused-ring (bicyclic) bond motifs is 1. The second kappa shape index (κ2) is 5.67. The van der Waals surface area contributed by atoms with Crippen LogP contribution in [0.4, 0.5) is 0 Å². The van der Waals surface area contributed by atoms with Crippen LogP contribution >= 0.6 is 0 Å². The lowest BCUT2D eigenvalue weighted by molar-refractivity contribution is 0.464. The van der Waals surface area contributed by atoms with Crippen molar-refractivity contribution in [3.05, 3.63) is 60.4 Å². The highest BCUT2D eigenvalue weighted by molar-refractivity contribution is 5.84. The van der Waals surface area contributed by atoms with Crippen molar-refractivity contribution in [3.8, 4) is 11.6 Å². The van der Waals surface area contributed by atoms with E-state index in [9.17, 15) is 0 Å². The van der Waals surface area contributed by atoms with Crippen LogP contribution in [0.1, 0.15) is 5.69 Å².